The Labute approximate surface area is 149 Å². The monoisotopic (exact) mass is 352 g/mol. The Hall–Kier alpha value is -1.99. The summed E-state index contributed by atoms with van der Waals surface area (Å²) in [5.41, 5.74) is 0.213. The van der Waals surface area contributed by atoms with E-state index in [-0.39, 0.29) is 5.91 Å². The molecule has 0 bridgehead atoms. The number of rotatable bonds is 8. The van der Waals surface area contributed by atoms with Gasteiger partial charge in [-0.1, -0.05) is 6.07 Å². The number of ether oxygens (including phenoxy) is 4. The second-order valence-electron chi connectivity index (χ2n) is 5.95. The number of nitrogens with one attached hydrogen (secondary N) is 2. The van der Waals surface area contributed by atoms with Gasteiger partial charge in [0, 0.05) is 19.2 Å². The number of piperidine rings is 1. The lowest BCUT2D eigenvalue weighted by molar-refractivity contribution is -0.146. The van der Waals surface area contributed by atoms with E-state index in [4.69, 9.17) is 18.9 Å². The van der Waals surface area contributed by atoms with Crippen molar-refractivity contribution >= 4 is 5.91 Å². The van der Waals surface area contributed by atoms with Gasteiger partial charge in [-0.15, -0.1) is 0 Å². The van der Waals surface area contributed by atoms with Crippen LogP contribution >= 0.6 is 0 Å². The molecule has 1 saturated heterocycles. The molecule has 1 aliphatic heterocycles. The summed E-state index contributed by atoms with van der Waals surface area (Å²) in [6, 6.07) is 3.75. The summed E-state index contributed by atoms with van der Waals surface area (Å²) in [7, 11) is 6.35. The number of hydrogen-bond acceptors (Lipinski definition) is 6. The standard InChI is InChI=1S/C18H28N2O5/c1-22-14-6-5-13(15(23-2)16(14)24-3)7-10-20-17(21)18(25-4)8-11-19-12-9-18/h5-6,19H,7-12H2,1-4H3,(H,20,21). The molecule has 7 nitrogen and oxygen atoms in total. The lowest BCUT2D eigenvalue weighted by Crippen LogP contribution is -2.54. The molecule has 25 heavy (non-hydrogen) atoms. The minimum atomic E-state index is -0.729. The van der Waals surface area contributed by atoms with Gasteiger partial charge >= 0.3 is 0 Å². The van der Waals surface area contributed by atoms with Crippen LogP contribution in [-0.4, -0.2) is 59.6 Å². The average Bonchev–Trinajstić information content (AvgIpc) is 2.67. The van der Waals surface area contributed by atoms with E-state index in [2.05, 4.69) is 10.6 Å². The van der Waals surface area contributed by atoms with E-state index in [0.29, 0.717) is 43.1 Å². The molecule has 1 fully saturated rings. The lowest BCUT2D eigenvalue weighted by atomic mass is 9.91. The molecule has 0 atom stereocenters. The van der Waals surface area contributed by atoms with Gasteiger partial charge in [0.05, 0.1) is 21.3 Å². The molecule has 0 radical (unpaired) electrons. The fraction of sp³-hybridized carbons (Fsp3) is 0.611. The van der Waals surface area contributed by atoms with Crippen molar-refractivity contribution in [1.82, 2.24) is 10.6 Å². The molecule has 1 aromatic rings. The summed E-state index contributed by atoms with van der Waals surface area (Å²) in [5, 5.41) is 6.24. The molecule has 0 aliphatic carbocycles. The summed E-state index contributed by atoms with van der Waals surface area (Å²) in [6.07, 6.45) is 1.97. The van der Waals surface area contributed by atoms with E-state index in [1.807, 2.05) is 12.1 Å². The molecule has 0 saturated carbocycles. The Morgan fingerprint density at radius 2 is 1.76 bits per heavy atom. The molecule has 0 aromatic heterocycles. The van der Waals surface area contributed by atoms with Crippen molar-refractivity contribution in [3.63, 3.8) is 0 Å². The summed E-state index contributed by atoms with van der Waals surface area (Å²) in [6.45, 7) is 2.05. The highest BCUT2D eigenvalue weighted by Crippen LogP contribution is 2.39. The zero-order valence-corrected chi connectivity index (χ0v) is 15.4. The third-order valence-electron chi connectivity index (χ3n) is 4.68. The van der Waals surface area contributed by atoms with Crippen molar-refractivity contribution in [1.29, 1.82) is 0 Å². The molecule has 1 heterocycles. The molecule has 140 valence electrons. The first-order chi connectivity index (χ1) is 12.1. The van der Waals surface area contributed by atoms with Crippen LogP contribution in [0.1, 0.15) is 18.4 Å². The fourth-order valence-electron chi connectivity index (χ4n) is 3.19. The molecule has 2 rings (SSSR count). The number of benzene rings is 1. The van der Waals surface area contributed by atoms with E-state index in [1.165, 1.54) is 0 Å². The number of carbonyl (C=O) groups excluding carboxylic acids is 1. The third-order valence-corrected chi connectivity index (χ3v) is 4.68. The number of amides is 1. The first-order valence-corrected chi connectivity index (χ1v) is 8.44. The van der Waals surface area contributed by atoms with Gasteiger partial charge in [-0.05, 0) is 38.4 Å². The molecule has 0 unspecified atom stereocenters. The van der Waals surface area contributed by atoms with Crippen molar-refractivity contribution in [2.45, 2.75) is 24.9 Å². The molecule has 7 heteroatoms. The van der Waals surface area contributed by atoms with Crippen LogP contribution in [-0.2, 0) is 16.0 Å². The lowest BCUT2D eigenvalue weighted by Gasteiger charge is -2.34. The molecule has 1 aromatic carbocycles. The van der Waals surface area contributed by atoms with Gasteiger partial charge in [0.1, 0.15) is 5.60 Å². The van der Waals surface area contributed by atoms with Gasteiger partial charge < -0.3 is 29.6 Å². The smallest absolute Gasteiger partial charge is 0.252 e. The van der Waals surface area contributed by atoms with Crippen LogP contribution in [0.3, 0.4) is 0 Å². The van der Waals surface area contributed by atoms with Crippen molar-refractivity contribution in [3.05, 3.63) is 17.7 Å². The first kappa shape index (κ1) is 19.3. The SMILES string of the molecule is COc1ccc(CCNC(=O)C2(OC)CCNCC2)c(OC)c1OC. The maximum Gasteiger partial charge on any atom is 0.252 e. The number of hydrogen-bond donors (Lipinski definition) is 2. The predicted octanol–water partition coefficient (Wildman–Crippen LogP) is 1.14. The zero-order valence-electron chi connectivity index (χ0n) is 15.4. The van der Waals surface area contributed by atoms with Crippen LogP contribution in [0.4, 0.5) is 0 Å². The van der Waals surface area contributed by atoms with Gasteiger partial charge in [0.25, 0.3) is 5.91 Å². The number of methoxy groups -OCH3 is 4. The molecular formula is C18H28N2O5. The Morgan fingerprint density at radius 1 is 1.08 bits per heavy atom. The van der Waals surface area contributed by atoms with Crippen LogP contribution in [0.2, 0.25) is 0 Å². The zero-order chi connectivity index (χ0) is 18.3. The fourth-order valence-corrected chi connectivity index (χ4v) is 3.19. The van der Waals surface area contributed by atoms with Gasteiger partial charge in [-0.2, -0.15) is 0 Å². The highest BCUT2D eigenvalue weighted by atomic mass is 16.5. The topological polar surface area (TPSA) is 78.1 Å². The average molecular weight is 352 g/mol. The highest BCUT2D eigenvalue weighted by Gasteiger charge is 2.39. The van der Waals surface area contributed by atoms with E-state index < -0.39 is 5.60 Å². The number of carbonyl (C=O) groups is 1. The Kier molecular flexibility index (Phi) is 6.90. The van der Waals surface area contributed by atoms with Crippen molar-refractivity contribution in [3.8, 4) is 17.2 Å². The van der Waals surface area contributed by atoms with Crippen LogP contribution in [0.5, 0.6) is 17.2 Å². The quantitative estimate of drug-likeness (QED) is 0.731. The Bertz CT molecular complexity index is 585. The molecular weight excluding hydrogens is 324 g/mol. The Balaban J connectivity index is 2.02. The summed E-state index contributed by atoms with van der Waals surface area (Å²) in [5.74, 6) is 1.73. The van der Waals surface area contributed by atoms with E-state index >= 15 is 0 Å². The highest BCUT2D eigenvalue weighted by molar-refractivity contribution is 5.85. The summed E-state index contributed by atoms with van der Waals surface area (Å²) >= 11 is 0. The predicted molar refractivity (Wildman–Crippen MR) is 94.7 cm³/mol. The van der Waals surface area contributed by atoms with E-state index in [0.717, 1.165) is 18.7 Å². The first-order valence-electron chi connectivity index (χ1n) is 8.44. The second-order valence-corrected chi connectivity index (χ2v) is 5.95. The van der Waals surface area contributed by atoms with E-state index in [1.54, 1.807) is 28.4 Å². The largest absolute Gasteiger partial charge is 0.493 e. The summed E-state index contributed by atoms with van der Waals surface area (Å²) in [4.78, 5) is 12.6. The van der Waals surface area contributed by atoms with Crippen LogP contribution < -0.4 is 24.8 Å². The molecule has 0 spiro atoms. The van der Waals surface area contributed by atoms with Gasteiger partial charge in [-0.3, -0.25) is 4.79 Å². The second kappa shape index (κ2) is 8.92. The molecule has 1 aliphatic rings. The van der Waals surface area contributed by atoms with Crippen molar-refractivity contribution in [2.24, 2.45) is 0 Å². The molecule has 2 N–H and O–H groups in total. The maximum atomic E-state index is 12.6. The minimum absolute atomic E-state index is 0.0593. The van der Waals surface area contributed by atoms with Gasteiger partial charge in [0.15, 0.2) is 11.5 Å². The van der Waals surface area contributed by atoms with Gasteiger partial charge in [0.2, 0.25) is 5.75 Å². The minimum Gasteiger partial charge on any atom is -0.493 e. The summed E-state index contributed by atoms with van der Waals surface area (Å²) < 4.78 is 21.7. The maximum absolute atomic E-state index is 12.6. The van der Waals surface area contributed by atoms with Crippen molar-refractivity contribution in [2.75, 3.05) is 48.1 Å². The third kappa shape index (κ3) is 4.16. The van der Waals surface area contributed by atoms with Crippen molar-refractivity contribution < 1.29 is 23.7 Å². The van der Waals surface area contributed by atoms with Crippen LogP contribution in [0.25, 0.3) is 0 Å². The molecule has 1 amide bonds. The Morgan fingerprint density at radius 3 is 2.32 bits per heavy atom. The van der Waals surface area contributed by atoms with Gasteiger partial charge in [-0.25, -0.2) is 0 Å². The van der Waals surface area contributed by atoms with Crippen LogP contribution in [0, 0.1) is 0 Å². The van der Waals surface area contributed by atoms with E-state index in [9.17, 15) is 4.79 Å². The van der Waals surface area contributed by atoms with Crippen LogP contribution in [0.15, 0.2) is 12.1 Å². The normalized spacial score (nSPS) is 16.2.